The van der Waals surface area contributed by atoms with Crippen LogP contribution in [0, 0.1) is 0 Å². The standard InChI is InChI=1S/C17H17BrN2O/c18-14-8-6-13(7-9-14)12-21-16-5-2-1-4-15(16)17-19-10-3-11-20-17/h1-2,4-9H,3,10-12H2,(H,19,20). The van der Waals surface area contributed by atoms with Crippen molar-refractivity contribution in [1.29, 1.82) is 0 Å². The van der Waals surface area contributed by atoms with E-state index in [0.717, 1.165) is 46.7 Å². The second-order valence-electron chi connectivity index (χ2n) is 4.92. The van der Waals surface area contributed by atoms with Gasteiger partial charge >= 0.3 is 0 Å². The molecular formula is C17H17BrN2O. The molecule has 0 saturated heterocycles. The Hall–Kier alpha value is -1.81. The molecular weight excluding hydrogens is 328 g/mol. The van der Waals surface area contributed by atoms with Gasteiger partial charge in [0, 0.05) is 17.6 Å². The van der Waals surface area contributed by atoms with E-state index < -0.39 is 0 Å². The minimum Gasteiger partial charge on any atom is -0.488 e. The number of amidine groups is 1. The lowest BCUT2D eigenvalue weighted by Crippen LogP contribution is -2.30. The van der Waals surface area contributed by atoms with E-state index in [0.29, 0.717) is 6.61 Å². The van der Waals surface area contributed by atoms with Crippen LogP contribution >= 0.6 is 15.9 Å². The molecule has 1 aliphatic rings. The zero-order valence-corrected chi connectivity index (χ0v) is 13.3. The summed E-state index contributed by atoms with van der Waals surface area (Å²) < 4.78 is 7.06. The normalized spacial score (nSPS) is 14.2. The summed E-state index contributed by atoms with van der Waals surface area (Å²) in [4.78, 5) is 4.55. The van der Waals surface area contributed by atoms with Crippen molar-refractivity contribution < 1.29 is 4.74 Å². The van der Waals surface area contributed by atoms with Gasteiger partial charge in [-0.2, -0.15) is 0 Å². The molecule has 1 N–H and O–H groups in total. The van der Waals surface area contributed by atoms with Gasteiger partial charge in [-0.1, -0.05) is 40.2 Å². The van der Waals surface area contributed by atoms with E-state index in [1.807, 2.05) is 36.4 Å². The first-order valence-corrected chi connectivity index (χ1v) is 7.87. The molecule has 0 aliphatic carbocycles. The van der Waals surface area contributed by atoms with E-state index in [1.165, 1.54) is 0 Å². The molecule has 0 aromatic heterocycles. The Labute approximate surface area is 133 Å². The molecule has 3 rings (SSSR count). The lowest BCUT2D eigenvalue weighted by molar-refractivity contribution is 0.305. The third-order valence-electron chi connectivity index (χ3n) is 3.35. The van der Waals surface area contributed by atoms with Crippen molar-refractivity contribution in [1.82, 2.24) is 5.32 Å². The third-order valence-corrected chi connectivity index (χ3v) is 3.88. The van der Waals surface area contributed by atoms with Crippen LogP contribution < -0.4 is 10.1 Å². The number of hydrogen-bond acceptors (Lipinski definition) is 3. The Morgan fingerprint density at radius 2 is 1.90 bits per heavy atom. The Balaban J connectivity index is 1.76. The number of aliphatic imine (C=N–C) groups is 1. The summed E-state index contributed by atoms with van der Waals surface area (Å²) in [7, 11) is 0. The minimum absolute atomic E-state index is 0.553. The monoisotopic (exact) mass is 344 g/mol. The van der Waals surface area contributed by atoms with Gasteiger partial charge in [0.05, 0.1) is 5.56 Å². The molecule has 0 radical (unpaired) electrons. The van der Waals surface area contributed by atoms with Gasteiger partial charge in [-0.25, -0.2) is 0 Å². The summed E-state index contributed by atoms with van der Waals surface area (Å²) in [5, 5.41) is 3.35. The first-order valence-electron chi connectivity index (χ1n) is 7.08. The highest BCUT2D eigenvalue weighted by Gasteiger charge is 2.12. The number of para-hydroxylation sites is 1. The number of halogens is 1. The van der Waals surface area contributed by atoms with Crippen molar-refractivity contribution in [3.05, 3.63) is 64.1 Å². The van der Waals surface area contributed by atoms with Crippen LogP contribution in [-0.4, -0.2) is 18.9 Å². The molecule has 21 heavy (non-hydrogen) atoms. The zero-order valence-electron chi connectivity index (χ0n) is 11.7. The summed E-state index contributed by atoms with van der Waals surface area (Å²) in [6.45, 7) is 2.40. The number of hydrogen-bond donors (Lipinski definition) is 1. The SMILES string of the molecule is Brc1ccc(COc2ccccc2C2=NCCCN2)cc1. The van der Waals surface area contributed by atoms with E-state index >= 15 is 0 Å². The van der Waals surface area contributed by atoms with Crippen molar-refractivity contribution >= 4 is 21.8 Å². The van der Waals surface area contributed by atoms with Gasteiger partial charge in [-0.3, -0.25) is 4.99 Å². The van der Waals surface area contributed by atoms with Gasteiger partial charge < -0.3 is 10.1 Å². The summed E-state index contributed by atoms with van der Waals surface area (Å²) in [5.41, 5.74) is 2.18. The van der Waals surface area contributed by atoms with Crippen LogP contribution in [0.15, 0.2) is 58.0 Å². The van der Waals surface area contributed by atoms with Crippen molar-refractivity contribution in [3.8, 4) is 5.75 Å². The molecule has 1 aliphatic heterocycles. The molecule has 0 unspecified atom stereocenters. The van der Waals surface area contributed by atoms with Crippen LogP contribution in [-0.2, 0) is 6.61 Å². The Bertz CT molecular complexity index is 637. The molecule has 0 amide bonds. The van der Waals surface area contributed by atoms with Crippen LogP contribution in [0.4, 0.5) is 0 Å². The van der Waals surface area contributed by atoms with Crippen molar-refractivity contribution in [3.63, 3.8) is 0 Å². The molecule has 108 valence electrons. The highest BCUT2D eigenvalue weighted by atomic mass is 79.9. The van der Waals surface area contributed by atoms with Gasteiger partial charge in [0.15, 0.2) is 0 Å². The zero-order chi connectivity index (χ0) is 14.5. The molecule has 0 spiro atoms. The molecule has 2 aromatic rings. The number of ether oxygens (including phenoxy) is 1. The van der Waals surface area contributed by atoms with Crippen LogP contribution in [0.1, 0.15) is 17.5 Å². The van der Waals surface area contributed by atoms with Crippen molar-refractivity contribution in [2.75, 3.05) is 13.1 Å². The summed E-state index contributed by atoms with van der Waals surface area (Å²) in [6, 6.07) is 16.2. The molecule has 0 fully saturated rings. The second-order valence-corrected chi connectivity index (χ2v) is 5.84. The van der Waals surface area contributed by atoms with Gasteiger partial charge in [-0.15, -0.1) is 0 Å². The maximum absolute atomic E-state index is 5.98. The predicted octanol–water partition coefficient (Wildman–Crippen LogP) is 3.77. The lowest BCUT2D eigenvalue weighted by Gasteiger charge is -2.17. The number of nitrogens with zero attached hydrogens (tertiary/aromatic N) is 1. The predicted molar refractivity (Wildman–Crippen MR) is 88.9 cm³/mol. The van der Waals surface area contributed by atoms with Crippen LogP contribution in [0.3, 0.4) is 0 Å². The third kappa shape index (κ3) is 3.64. The Kier molecular flexibility index (Phi) is 4.55. The van der Waals surface area contributed by atoms with Crippen LogP contribution in [0.2, 0.25) is 0 Å². The van der Waals surface area contributed by atoms with Crippen LogP contribution in [0.25, 0.3) is 0 Å². The Morgan fingerprint density at radius 3 is 2.67 bits per heavy atom. The maximum atomic E-state index is 5.98. The van der Waals surface area contributed by atoms with Crippen molar-refractivity contribution in [2.45, 2.75) is 13.0 Å². The fourth-order valence-electron chi connectivity index (χ4n) is 2.24. The van der Waals surface area contributed by atoms with E-state index in [2.05, 4.69) is 38.4 Å². The highest BCUT2D eigenvalue weighted by Crippen LogP contribution is 2.21. The first kappa shape index (κ1) is 14.1. The quantitative estimate of drug-likeness (QED) is 0.915. The molecule has 0 saturated carbocycles. The average molecular weight is 345 g/mol. The smallest absolute Gasteiger partial charge is 0.132 e. The fraction of sp³-hybridized carbons (Fsp3) is 0.235. The van der Waals surface area contributed by atoms with Gasteiger partial charge in [0.1, 0.15) is 18.2 Å². The number of benzene rings is 2. The molecule has 0 atom stereocenters. The molecule has 0 bridgehead atoms. The maximum Gasteiger partial charge on any atom is 0.132 e. The van der Waals surface area contributed by atoms with Gasteiger partial charge in [0.25, 0.3) is 0 Å². The molecule has 2 aromatic carbocycles. The van der Waals surface area contributed by atoms with E-state index in [9.17, 15) is 0 Å². The minimum atomic E-state index is 0.553. The van der Waals surface area contributed by atoms with E-state index in [-0.39, 0.29) is 0 Å². The van der Waals surface area contributed by atoms with Gasteiger partial charge in [0.2, 0.25) is 0 Å². The summed E-state index contributed by atoms with van der Waals surface area (Å²) in [6.07, 6.45) is 1.09. The molecule has 3 nitrogen and oxygen atoms in total. The topological polar surface area (TPSA) is 33.6 Å². The Morgan fingerprint density at radius 1 is 1.10 bits per heavy atom. The number of rotatable bonds is 4. The average Bonchev–Trinajstić information content (AvgIpc) is 2.55. The lowest BCUT2D eigenvalue weighted by atomic mass is 10.1. The molecule has 4 heteroatoms. The van der Waals surface area contributed by atoms with Crippen molar-refractivity contribution in [2.24, 2.45) is 4.99 Å². The van der Waals surface area contributed by atoms with Gasteiger partial charge in [-0.05, 0) is 36.2 Å². The summed E-state index contributed by atoms with van der Waals surface area (Å²) >= 11 is 3.44. The fourth-order valence-corrected chi connectivity index (χ4v) is 2.51. The largest absolute Gasteiger partial charge is 0.488 e. The van der Waals surface area contributed by atoms with E-state index in [1.54, 1.807) is 0 Å². The summed E-state index contributed by atoms with van der Waals surface area (Å²) in [5.74, 6) is 1.81. The van der Waals surface area contributed by atoms with E-state index in [4.69, 9.17) is 4.74 Å². The molecule has 1 heterocycles. The first-order chi connectivity index (χ1) is 10.3. The van der Waals surface area contributed by atoms with Crippen LogP contribution in [0.5, 0.6) is 5.75 Å². The second kappa shape index (κ2) is 6.76. The highest BCUT2D eigenvalue weighted by molar-refractivity contribution is 9.10. The number of nitrogens with one attached hydrogen (secondary N) is 1.